The minimum Gasteiger partial charge on any atom is -0.384 e. The van der Waals surface area contributed by atoms with Crippen molar-refractivity contribution in [3.63, 3.8) is 0 Å². The molecule has 0 saturated heterocycles. The Morgan fingerprint density at radius 1 is 1.21 bits per heavy atom. The maximum atomic E-state index is 10.4. The second-order valence-corrected chi connectivity index (χ2v) is 5.10. The molecule has 0 aliphatic rings. The molecule has 1 unspecified atom stereocenters. The smallest absolute Gasteiger partial charge is 0.106 e. The Morgan fingerprint density at radius 3 is 2.58 bits per heavy atom. The Hall–Kier alpha value is -1.53. The molecule has 0 heterocycles. The Morgan fingerprint density at radius 2 is 1.95 bits per heavy atom. The molecule has 0 aromatic heterocycles. The first-order chi connectivity index (χ1) is 9.02. The van der Waals surface area contributed by atoms with Crippen LogP contribution >= 0.6 is 23.2 Å². The first-order valence-electron chi connectivity index (χ1n) is 5.66. The standard InChI is InChI=1S/C15H11Cl2NO/c1-9-5-12(16)7-13(17)14(9)15(19)11-4-2-3-10(6-11)8-18/h2-7,15,19H,1H3. The molecule has 0 spiro atoms. The predicted molar refractivity (Wildman–Crippen MR) is 76.4 cm³/mol. The molecule has 19 heavy (non-hydrogen) atoms. The van der Waals surface area contributed by atoms with Crippen molar-refractivity contribution in [1.29, 1.82) is 5.26 Å². The van der Waals surface area contributed by atoms with Gasteiger partial charge in [-0.15, -0.1) is 0 Å². The molecule has 0 aliphatic heterocycles. The van der Waals surface area contributed by atoms with Crippen molar-refractivity contribution in [1.82, 2.24) is 0 Å². The van der Waals surface area contributed by atoms with Gasteiger partial charge in [0.05, 0.1) is 11.6 Å². The fourth-order valence-corrected chi connectivity index (χ4v) is 2.70. The number of rotatable bonds is 2. The van der Waals surface area contributed by atoms with Gasteiger partial charge in [0.1, 0.15) is 6.10 Å². The van der Waals surface area contributed by atoms with Crippen molar-refractivity contribution < 1.29 is 5.11 Å². The van der Waals surface area contributed by atoms with Crippen molar-refractivity contribution in [3.8, 4) is 6.07 Å². The Bertz CT molecular complexity index is 638. The molecule has 2 aromatic rings. The van der Waals surface area contributed by atoms with Gasteiger partial charge in [-0.05, 0) is 42.3 Å². The number of halogens is 2. The Balaban J connectivity index is 2.50. The molecule has 1 atom stereocenters. The number of aliphatic hydroxyl groups is 1. The van der Waals surface area contributed by atoms with E-state index < -0.39 is 6.10 Å². The van der Waals surface area contributed by atoms with E-state index in [0.717, 1.165) is 5.56 Å². The van der Waals surface area contributed by atoms with Crippen LogP contribution in [0, 0.1) is 18.3 Å². The first-order valence-corrected chi connectivity index (χ1v) is 6.42. The van der Waals surface area contributed by atoms with Crippen LogP contribution in [0.4, 0.5) is 0 Å². The number of aryl methyl sites for hydroxylation is 1. The monoisotopic (exact) mass is 291 g/mol. The second-order valence-electron chi connectivity index (χ2n) is 4.26. The lowest BCUT2D eigenvalue weighted by Crippen LogP contribution is -2.03. The molecular formula is C15H11Cl2NO. The fraction of sp³-hybridized carbons (Fsp3) is 0.133. The summed E-state index contributed by atoms with van der Waals surface area (Å²) in [6.45, 7) is 1.84. The largest absolute Gasteiger partial charge is 0.384 e. The summed E-state index contributed by atoms with van der Waals surface area (Å²) in [4.78, 5) is 0. The molecule has 2 rings (SSSR count). The lowest BCUT2D eigenvalue weighted by atomic mass is 9.96. The van der Waals surface area contributed by atoms with Gasteiger partial charge in [0.25, 0.3) is 0 Å². The quantitative estimate of drug-likeness (QED) is 0.899. The maximum absolute atomic E-state index is 10.4. The molecule has 1 N–H and O–H groups in total. The summed E-state index contributed by atoms with van der Waals surface area (Å²) in [5, 5.41) is 20.3. The van der Waals surface area contributed by atoms with Crippen LogP contribution in [0.3, 0.4) is 0 Å². The number of hydrogen-bond donors (Lipinski definition) is 1. The average Bonchev–Trinajstić information content (AvgIpc) is 2.37. The normalized spacial score (nSPS) is 11.9. The molecule has 0 amide bonds. The topological polar surface area (TPSA) is 44.0 Å². The number of aliphatic hydroxyl groups excluding tert-OH is 1. The lowest BCUT2D eigenvalue weighted by molar-refractivity contribution is 0.219. The summed E-state index contributed by atoms with van der Waals surface area (Å²) < 4.78 is 0. The van der Waals surface area contributed by atoms with Gasteiger partial charge in [-0.3, -0.25) is 0 Å². The third-order valence-electron chi connectivity index (χ3n) is 2.91. The number of nitriles is 1. The highest BCUT2D eigenvalue weighted by atomic mass is 35.5. The van der Waals surface area contributed by atoms with E-state index in [1.165, 1.54) is 0 Å². The molecule has 96 valence electrons. The fourth-order valence-electron chi connectivity index (χ4n) is 2.00. The van der Waals surface area contributed by atoms with E-state index >= 15 is 0 Å². The van der Waals surface area contributed by atoms with Crippen molar-refractivity contribution >= 4 is 23.2 Å². The highest BCUT2D eigenvalue weighted by Crippen LogP contribution is 2.33. The van der Waals surface area contributed by atoms with Crippen molar-refractivity contribution in [2.24, 2.45) is 0 Å². The summed E-state index contributed by atoms with van der Waals surface area (Å²) in [7, 11) is 0. The predicted octanol–water partition coefficient (Wildman–Crippen LogP) is 4.26. The van der Waals surface area contributed by atoms with Crippen LogP contribution in [-0.2, 0) is 0 Å². The zero-order chi connectivity index (χ0) is 14.0. The highest BCUT2D eigenvalue weighted by molar-refractivity contribution is 6.35. The van der Waals surface area contributed by atoms with Crippen molar-refractivity contribution in [2.75, 3.05) is 0 Å². The summed E-state index contributed by atoms with van der Waals surface area (Å²) in [6, 6.07) is 12.2. The van der Waals surface area contributed by atoms with E-state index in [2.05, 4.69) is 0 Å². The molecule has 0 aliphatic carbocycles. The van der Waals surface area contributed by atoms with Gasteiger partial charge in [-0.1, -0.05) is 35.3 Å². The number of benzene rings is 2. The van der Waals surface area contributed by atoms with Gasteiger partial charge < -0.3 is 5.11 Å². The van der Waals surface area contributed by atoms with Crippen molar-refractivity contribution in [2.45, 2.75) is 13.0 Å². The number of hydrogen-bond acceptors (Lipinski definition) is 2. The van der Waals surface area contributed by atoms with Crippen LogP contribution in [0.25, 0.3) is 0 Å². The zero-order valence-corrected chi connectivity index (χ0v) is 11.7. The van der Waals surface area contributed by atoms with Gasteiger partial charge in [0.15, 0.2) is 0 Å². The molecule has 2 nitrogen and oxygen atoms in total. The summed E-state index contributed by atoms with van der Waals surface area (Å²) in [5.41, 5.74) is 2.55. The van der Waals surface area contributed by atoms with Crippen molar-refractivity contribution in [3.05, 3.63) is 68.7 Å². The molecule has 2 aromatic carbocycles. The van der Waals surface area contributed by atoms with Gasteiger partial charge in [0.2, 0.25) is 0 Å². The SMILES string of the molecule is Cc1cc(Cl)cc(Cl)c1C(O)c1cccc(C#N)c1. The van der Waals surface area contributed by atoms with Crippen LogP contribution in [0.1, 0.15) is 28.4 Å². The van der Waals surface area contributed by atoms with E-state index in [4.69, 9.17) is 28.5 Å². The zero-order valence-electron chi connectivity index (χ0n) is 10.2. The van der Waals surface area contributed by atoms with E-state index in [-0.39, 0.29) is 0 Å². The van der Waals surface area contributed by atoms with Gasteiger partial charge in [-0.2, -0.15) is 5.26 Å². The van der Waals surface area contributed by atoms with Crippen LogP contribution in [0.2, 0.25) is 10.0 Å². The molecule has 0 saturated carbocycles. The molecule has 4 heteroatoms. The van der Waals surface area contributed by atoms with Crippen LogP contribution in [-0.4, -0.2) is 5.11 Å². The second kappa shape index (κ2) is 5.63. The van der Waals surface area contributed by atoms with Crippen LogP contribution in [0.5, 0.6) is 0 Å². The van der Waals surface area contributed by atoms with Gasteiger partial charge in [0, 0.05) is 15.6 Å². The molecule has 0 fully saturated rings. The molecular weight excluding hydrogens is 281 g/mol. The third kappa shape index (κ3) is 2.90. The van der Waals surface area contributed by atoms with E-state index in [1.54, 1.807) is 36.4 Å². The summed E-state index contributed by atoms with van der Waals surface area (Å²) in [6.07, 6.45) is -0.877. The van der Waals surface area contributed by atoms with Crippen LogP contribution in [0.15, 0.2) is 36.4 Å². The van der Waals surface area contributed by atoms with Gasteiger partial charge >= 0.3 is 0 Å². The molecule has 0 radical (unpaired) electrons. The number of nitrogens with zero attached hydrogens (tertiary/aromatic N) is 1. The first kappa shape index (κ1) is 13.9. The minimum atomic E-state index is -0.877. The Kier molecular flexibility index (Phi) is 4.11. The average molecular weight is 292 g/mol. The summed E-state index contributed by atoms with van der Waals surface area (Å²) >= 11 is 12.1. The summed E-state index contributed by atoms with van der Waals surface area (Å²) in [5.74, 6) is 0. The van der Waals surface area contributed by atoms with E-state index in [0.29, 0.717) is 26.7 Å². The maximum Gasteiger partial charge on any atom is 0.106 e. The van der Waals surface area contributed by atoms with Crippen LogP contribution < -0.4 is 0 Å². The van der Waals surface area contributed by atoms with E-state index in [9.17, 15) is 5.11 Å². The third-order valence-corrected chi connectivity index (χ3v) is 3.44. The minimum absolute atomic E-state index is 0.417. The lowest BCUT2D eigenvalue weighted by Gasteiger charge is -2.16. The molecule has 0 bridgehead atoms. The van der Waals surface area contributed by atoms with Gasteiger partial charge in [-0.25, -0.2) is 0 Å². The Labute approximate surface area is 121 Å². The highest BCUT2D eigenvalue weighted by Gasteiger charge is 2.17. The van der Waals surface area contributed by atoms with E-state index in [1.807, 2.05) is 13.0 Å².